The summed E-state index contributed by atoms with van der Waals surface area (Å²) in [6.45, 7) is 2.54. The van der Waals surface area contributed by atoms with E-state index in [0.717, 1.165) is 17.4 Å². The van der Waals surface area contributed by atoms with E-state index in [-0.39, 0.29) is 0 Å². The van der Waals surface area contributed by atoms with Gasteiger partial charge < -0.3 is 5.32 Å². The third kappa shape index (κ3) is 4.25. The van der Waals surface area contributed by atoms with Crippen molar-refractivity contribution < 1.29 is 13.2 Å². The minimum Gasteiger partial charge on any atom is -0.380 e. The van der Waals surface area contributed by atoms with Gasteiger partial charge in [-0.3, -0.25) is 0 Å². The van der Waals surface area contributed by atoms with Gasteiger partial charge in [0.15, 0.2) is 0 Å². The number of aromatic nitrogens is 1. The maximum Gasteiger partial charge on any atom is 0.433 e. The fourth-order valence-electron chi connectivity index (χ4n) is 2.53. The molecule has 2 aromatic carbocycles. The summed E-state index contributed by atoms with van der Waals surface area (Å²) in [4.78, 5) is 4.91. The molecule has 0 aliphatic carbocycles. The number of anilines is 1. The molecule has 1 N–H and O–H groups in total. The Morgan fingerprint density at radius 1 is 1.04 bits per heavy atom. The number of rotatable bonds is 5. The molecular weight excluding hydrogens is 345 g/mol. The van der Waals surface area contributed by atoms with Crippen molar-refractivity contribution in [2.75, 3.05) is 11.1 Å². The van der Waals surface area contributed by atoms with E-state index in [2.05, 4.69) is 17.2 Å². The van der Waals surface area contributed by atoms with Gasteiger partial charge in [-0.15, -0.1) is 11.8 Å². The number of pyridine rings is 1. The van der Waals surface area contributed by atoms with E-state index in [1.54, 1.807) is 36.0 Å². The van der Waals surface area contributed by atoms with Gasteiger partial charge in [-0.25, -0.2) is 4.98 Å². The number of benzene rings is 2. The molecule has 0 bridgehead atoms. The summed E-state index contributed by atoms with van der Waals surface area (Å²) in [5.74, 6) is 1.00. The first-order valence-electron chi connectivity index (χ1n) is 7.90. The molecule has 3 aromatic rings. The summed E-state index contributed by atoms with van der Waals surface area (Å²) in [7, 11) is 0. The Morgan fingerprint density at radius 2 is 1.76 bits per heavy atom. The highest BCUT2D eigenvalue weighted by Crippen LogP contribution is 2.33. The summed E-state index contributed by atoms with van der Waals surface area (Å²) in [5, 5.41) is 3.80. The molecule has 0 spiro atoms. The lowest BCUT2D eigenvalue weighted by Crippen LogP contribution is -2.10. The summed E-state index contributed by atoms with van der Waals surface area (Å²) >= 11 is 1.75. The number of alkyl halides is 3. The molecule has 1 aromatic heterocycles. The zero-order valence-corrected chi connectivity index (χ0v) is 14.4. The van der Waals surface area contributed by atoms with Crippen molar-refractivity contribution in [3.8, 4) is 0 Å². The molecule has 130 valence electrons. The van der Waals surface area contributed by atoms with Crippen LogP contribution >= 0.6 is 11.8 Å². The van der Waals surface area contributed by atoms with Crippen molar-refractivity contribution in [1.82, 2.24) is 4.98 Å². The first-order valence-corrected chi connectivity index (χ1v) is 8.88. The highest BCUT2D eigenvalue weighted by Gasteiger charge is 2.33. The maximum absolute atomic E-state index is 13.1. The van der Waals surface area contributed by atoms with Crippen LogP contribution in [-0.2, 0) is 12.7 Å². The molecule has 1 heterocycles. The Kier molecular flexibility index (Phi) is 5.18. The monoisotopic (exact) mass is 362 g/mol. The van der Waals surface area contributed by atoms with Crippen LogP contribution in [0.3, 0.4) is 0 Å². The number of hydrogen-bond donors (Lipinski definition) is 1. The summed E-state index contributed by atoms with van der Waals surface area (Å²) < 4.78 is 39.3. The Morgan fingerprint density at radius 3 is 2.44 bits per heavy atom. The minimum atomic E-state index is -4.47. The zero-order chi connectivity index (χ0) is 17.9. The highest BCUT2D eigenvalue weighted by molar-refractivity contribution is 7.99. The SMILES string of the molecule is CCSc1ccc(CNc2cc(C(F)(F)F)nc3ccccc23)cc1. The summed E-state index contributed by atoms with van der Waals surface area (Å²) in [6, 6.07) is 15.9. The number of halogens is 3. The van der Waals surface area contributed by atoms with Crippen LogP contribution in [0.5, 0.6) is 0 Å². The minimum absolute atomic E-state index is 0.328. The van der Waals surface area contributed by atoms with Gasteiger partial charge in [-0.1, -0.05) is 37.3 Å². The van der Waals surface area contributed by atoms with E-state index in [9.17, 15) is 13.2 Å². The number of thioether (sulfide) groups is 1. The van der Waals surface area contributed by atoms with Gasteiger partial charge in [-0.05, 0) is 35.6 Å². The van der Waals surface area contributed by atoms with Crippen LogP contribution in [0, 0.1) is 0 Å². The van der Waals surface area contributed by atoms with Crippen LogP contribution in [0.4, 0.5) is 18.9 Å². The molecule has 2 nitrogen and oxygen atoms in total. The van der Waals surface area contributed by atoms with Gasteiger partial charge in [0.25, 0.3) is 0 Å². The molecule has 6 heteroatoms. The van der Waals surface area contributed by atoms with Gasteiger partial charge >= 0.3 is 6.18 Å². The fraction of sp³-hybridized carbons (Fsp3) is 0.211. The Hall–Kier alpha value is -2.21. The second kappa shape index (κ2) is 7.35. The van der Waals surface area contributed by atoms with Crippen LogP contribution in [0.25, 0.3) is 10.9 Å². The van der Waals surface area contributed by atoms with E-state index in [4.69, 9.17) is 0 Å². The van der Waals surface area contributed by atoms with Crippen molar-refractivity contribution in [3.63, 3.8) is 0 Å². The Labute approximate surface area is 148 Å². The normalized spacial score (nSPS) is 11.7. The highest BCUT2D eigenvalue weighted by atomic mass is 32.2. The standard InChI is InChI=1S/C19H17F3N2S/c1-2-25-14-9-7-13(8-10-14)12-23-17-11-18(19(20,21)22)24-16-6-4-3-5-15(16)17/h3-11H,2,12H2,1H3,(H,23,24). The van der Waals surface area contributed by atoms with Crippen LogP contribution in [0.15, 0.2) is 59.5 Å². The van der Waals surface area contributed by atoms with Crippen LogP contribution < -0.4 is 5.32 Å². The van der Waals surface area contributed by atoms with E-state index in [0.29, 0.717) is 23.1 Å². The van der Waals surface area contributed by atoms with Crippen LogP contribution in [0.2, 0.25) is 0 Å². The number of para-hydroxylation sites is 1. The van der Waals surface area contributed by atoms with Crippen LogP contribution in [-0.4, -0.2) is 10.7 Å². The topological polar surface area (TPSA) is 24.9 Å². The molecule has 0 saturated heterocycles. The van der Waals surface area contributed by atoms with Crippen molar-refractivity contribution >= 4 is 28.4 Å². The molecule has 0 saturated carbocycles. The number of fused-ring (bicyclic) bond motifs is 1. The summed E-state index contributed by atoms with van der Waals surface area (Å²) in [6.07, 6.45) is -4.47. The molecular formula is C19H17F3N2S. The third-order valence-electron chi connectivity index (χ3n) is 3.72. The van der Waals surface area contributed by atoms with Gasteiger partial charge in [-0.2, -0.15) is 13.2 Å². The van der Waals surface area contributed by atoms with Gasteiger partial charge in [0, 0.05) is 22.5 Å². The van der Waals surface area contributed by atoms with Crippen LogP contribution in [0.1, 0.15) is 18.2 Å². The molecule has 0 unspecified atom stereocenters. The molecule has 0 aliphatic rings. The lowest BCUT2D eigenvalue weighted by atomic mass is 10.1. The van der Waals surface area contributed by atoms with E-state index in [1.165, 1.54) is 4.90 Å². The molecule has 25 heavy (non-hydrogen) atoms. The lowest BCUT2D eigenvalue weighted by Gasteiger charge is -2.13. The van der Waals surface area contributed by atoms with Gasteiger partial charge in [0.05, 0.1) is 5.52 Å². The molecule has 0 radical (unpaired) electrons. The first kappa shape index (κ1) is 17.6. The fourth-order valence-corrected chi connectivity index (χ4v) is 3.20. The van der Waals surface area contributed by atoms with Crippen molar-refractivity contribution in [1.29, 1.82) is 0 Å². The predicted molar refractivity (Wildman–Crippen MR) is 96.9 cm³/mol. The number of nitrogens with one attached hydrogen (secondary N) is 1. The second-order valence-corrected chi connectivity index (χ2v) is 6.84. The number of nitrogens with zero attached hydrogens (tertiary/aromatic N) is 1. The molecule has 0 amide bonds. The van der Waals surface area contributed by atoms with Crippen molar-refractivity contribution in [2.45, 2.75) is 24.5 Å². The average molecular weight is 362 g/mol. The molecule has 0 atom stereocenters. The van der Waals surface area contributed by atoms with Gasteiger partial charge in [0.1, 0.15) is 5.69 Å². The van der Waals surface area contributed by atoms with E-state index < -0.39 is 11.9 Å². The first-order chi connectivity index (χ1) is 12.0. The zero-order valence-electron chi connectivity index (χ0n) is 13.6. The smallest absolute Gasteiger partial charge is 0.380 e. The second-order valence-electron chi connectivity index (χ2n) is 5.50. The van der Waals surface area contributed by atoms with Gasteiger partial charge in [0.2, 0.25) is 0 Å². The van der Waals surface area contributed by atoms with E-state index in [1.807, 2.05) is 24.3 Å². The largest absolute Gasteiger partial charge is 0.433 e. The average Bonchev–Trinajstić information content (AvgIpc) is 2.60. The summed E-state index contributed by atoms with van der Waals surface area (Å²) in [5.41, 5.74) is 0.887. The Balaban J connectivity index is 1.87. The van der Waals surface area contributed by atoms with Crippen molar-refractivity contribution in [2.24, 2.45) is 0 Å². The molecule has 0 fully saturated rings. The lowest BCUT2D eigenvalue weighted by molar-refractivity contribution is -0.140. The quantitative estimate of drug-likeness (QED) is 0.565. The third-order valence-corrected chi connectivity index (χ3v) is 4.62. The Bertz CT molecular complexity index is 861. The van der Waals surface area contributed by atoms with E-state index >= 15 is 0 Å². The number of hydrogen-bond acceptors (Lipinski definition) is 3. The maximum atomic E-state index is 13.1. The molecule has 0 aliphatic heterocycles. The molecule has 3 rings (SSSR count). The van der Waals surface area contributed by atoms with Crippen molar-refractivity contribution in [3.05, 3.63) is 65.9 Å². The predicted octanol–water partition coefficient (Wildman–Crippen LogP) is 5.98.